The van der Waals surface area contributed by atoms with Gasteiger partial charge in [0.15, 0.2) is 0 Å². The smallest absolute Gasteiger partial charge is 0.211 e. The SMILES string of the molecule is Cc1ccc(S(=O)(=O)NCC(CC(F)(F)C(F)(F)C(F)(F)F)C(F)(F)C(F)(F)C(F)(F)F)cc1. The molecule has 0 radical (unpaired) electrons. The third-order valence-corrected chi connectivity index (χ3v) is 5.90. The first-order chi connectivity index (χ1) is 14.8. The number of rotatable bonds is 9. The van der Waals surface area contributed by atoms with Gasteiger partial charge in [0.1, 0.15) is 0 Å². The third-order valence-electron chi connectivity index (χ3n) is 4.46. The summed E-state index contributed by atoms with van der Waals surface area (Å²) in [5.74, 6) is -32.1. The van der Waals surface area contributed by atoms with E-state index >= 15 is 0 Å². The molecule has 0 heterocycles. The normalized spacial score (nSPS) is 16.0. The number of alkyl halides is 14. The van der Waals surface area contributed by atoms with Crippen LogP contribution in [0.4, 0.5) is 61.5 Å². The maximum Gasteiger partial charge on any atom is 0.459 e. The van der Waals surface area contributed by atoms with Crippen molar-refractivity contribution in [2.45, 2.75) is 54.3 Å². The number of sulfonamides is 1. The van der Waals surface area contributed by atoms with Gasteiger partial charge in [0.2, 0.25) is 10.0 Å². The second-order valence-corrected chi connectivity index (χ2v) is 8.80. The molecule has 34 heavy (non-hydrogen) atoms. The summed E-state index contributed by atoms with van der Waals surface area (Å²) in [4.78, 5) is -0.838. The Morgan fingerprint density at radius 1 is 0.735 bits per heavy atom. The molecule has 1 aromatic carbocycles. The summed E-state index contributed by atoms with van der Waals surface area (Å²) in [5, 5.41) is 0. The molecule has 198 valence electrons. The summed E-state index contributed by atoms with van der Waals surface area (Å²) in [7, 11) is -5.10. The summed E-state index contributed by atoms with van der Waals surface area (Å²) in [6.45, 7) is -1.05. The van der Waals surface area contributed by atoms with E-state index in [1.54, 1.807) is 0 Å². The molecule has 0 aliphatic carbocycles. The molecule has 0 saturated heterocycles. The van der Waals surface area contributed by atoms with E-state index < -0.39 is 69.8 Å². The fourth-order valence-electron chi connectivity index (χ4n) is 2.43. The van der Waals surface area contributed by atoms with Gasteiger partial charge < -0.3 is 0 Å². The van der Waals surface area contributed by atoms with Crippen molar-refractivity contribution in [1.29, 1.82) is 0 Å². The van der Waals surface area contributed by atoms with Crippen LogP contribution in [0, 0.1) is 12.8 Å². The summed E-state index contributed by atoms with van der Waals surface area (Å²) >= 11 is 0. The second-order valence-electron chi connectivity index (χ2n) is 7.04. The maximum absolute atomic E-state index is 14.0. The predicted molar refractivity (Wildman–Crippen MR) is 86.4 cm³/mol. The zero-order valence-electron chi connectivity index (χ0n) is 16.3. The fraction of sp³-hybridized carbons (Fsp3) is 0.625. The van der Waals surface area contributed by atoms with Crippen molar-refractivity contribution in [3.63, 3.8) is 0 Å². The Bertz CT molecular complexity index is 951. The number of hydrogen-bond donors (Lipinski definition) is 1. The molecule has 1 unspecified atom stereocenters. The van der Waals surface area contributed by atoms with Crippen molar-refractivity contribution in [2.24, 2.45) is 5.92 Å². The van der Waals surface area contributed by atoms with Crippen molar-refractivity contribution in [1.82, 2.24) is 4.72 Å². The Morgan fingerprint density at radius 3 is 1.53 bits per heavy atom. The average Bonchev–Trinajstić information content (AvgIpc) is 2.63. The Hall–Kier alpha value is -1.85. The number of halogens is 14. The van der Waals surface area contributed by atoms with E-state index in [9.17, 15) is 69.9 Å². The van der Waals surface area contributed by atoms with Gasteiger partial charge in [-0.25, -0.2) is 13.1 Å². The molecule has 0 saturated carbocycles. The Morgan fingerprint density at radius 2 is 1.15 bits per heavy atom. The van der Waals surface area contributed by atoms with Crippen LogP contribution >= 0.6 is 0 Å². The fourth-order valence-corrected chi connectivity index (χ4v) is 3.51. The van der Waals surface area contributed by atoms with E-state index in [1.807, 2.05) is 0 Å². The molecule has 3 nitrogen and oxygen atoms in total. The molecule has 0 aromatic heterocycles. The van der Waals surface area contributed by atoms with Gasteiger partial charge in [-0.2, -0.15) is 61.5 Å². The Labute approximate surface area is 182 Å². The van der Waals surface area contributed by atoms with Gasteiger partial charge in [-0.05, 0) is 19.1 Å². The Balaban J connectivity index is 3.48. The second kappa shape index (κ2) is 8.98. The summed E-state index contributed by atoms with van der Waals surface area (Å²) < 4.78 is 207. The first-order valence-electron chi connectivity index (χ1n) is 8.52. The highest BCUT2D eigenvalue weighted by atomic mass is 32.2. The van der Waals surface area contributed by atoms with Gasteiger partial charge in [-0.3, -0.25) is 0 Å². The summed E-state index contributed by atoms with van der Waals surface area (Å²) in [6, 6.07) is 3.72. The largest absolute Gasteiger partial charge is 0.459 e. The molecule has 18 heteroatoms. The predicted octanol–water partition coefficient (Wildman–Crippen LogP) is 5.95. The van der Waals surface area contributed by atoms with Gasteiger partial charge in [0.05, 0.1) is 4.90 Å². The van der Waals surface area contributed by atoms with E-state index in [2.05, 4.69) is 0 Å². The molecular formula is C16H13F14NO2S. The minimum Gasteiger partial charge on any atom is -0.211 e. The number of hydrogen-bond acceptors (Lipinski definition) is 2. The standard InChI is InChI=1S/C16H13F14NO2S/c1-8-2-4-10(5-3-8)34(32,33)31-7-9(12(19,20)14(23,24)16(28,29)30)6-11(17,18)13(21,22)15(25,26)27/h2-5,9,31H,6-7H2,1H3. The van der Waals surface area contributed by atoms with E-state index in [0.717, 1.165) is 29.0 Å². The van der Waals surface area contributed by atoms with Crippen LogP contribution in [-0.4, -0.2) is 51.0 Å². The zero-order valence-corrected chi connectivity index (χ0v) is 17.1. The van der Waals surface area contributed by atoms with Crippen molar-refractivity contribution in [2.75, 3.05) is 6.54 Å². The molecule has 0 fully saturated rings. The third kappa shape index (κ3) is 5.68. The van der Waals surface area contributed by atoms with Crippen LogP contribution in [0.25, 0.3) is 0 Å². The van der Waals surface area contributed by atoms with Crippen LogP contribution in [0.1, 0.15) is 12.0 Å². The summed E-state index contributed by atoms with van der Waals surface area (Å²) in [6.07, 6.45) is -17.9. The van der Waals surface area contributed by atoms with Crippen LogP contribution in [0.15, 0.2) is 29.2 Å². The van der Waals surface area contributed by atoms with Gasteiger partial charge >= 0.3 is 36.0 Å². The van der Waals surface area contributed by atoms with Crippen LogP contribution in [0.5, 0.6) is 0 Å². The van der Waals surface area contributed by atoms with Crippen LogP contribution in [0.2, 0.25) is 0 Å². The van der Waals surface area contributed by atoms with E-state index in [4.69, 9.17) is 0 Å². The van der Waals surface area contributed by atoms with Gasteiger partial charge in [0, 0.05) is 18.9 Å². The van der Waals surface area contributed by atoms with E-state index in [1.165, 1.54) is 6.92 Å². The quantitative estimate of drug-likeness (QED) is 0.388. The number of benzene rings is 1. The van der Waals surface area contributed by atoms with Crippen molar-refractivity contribution >= 4 is 10.0 Å². The van der Waals surface area contributed by atoms with Crippen LogP contribution in [0.3, 0.4) is 0 Å². The molecular weight excluding hydrogens is 536 g/mol. The molecule has 1 aromatic rings. The van der Waals surface area contributed by atoms with Gasteiger partial charge in [0.25, 0.3) is 0 Å². The first kappa shape index (κ1) is 30.2. The molecule has 0 amide bonds. The van der Waals surface area contributed by atoms with Crippen molar-refractivity contribution in [3.8, 4) is 0 Å². The highest BCUT2D eigenvalue weighted by Crippen LogP contribution is 2.55. The topological polar surface area (TPSA) is 46.2 Å². The lowest BCUT2D eigenvalue weighted by Crippen LogP contribution is -2.60. The lowest BCUT2D eigenvalue weighted by atomic mass is 9.87. The zero-order chi connectivity index (χ0) is 27.2. The van der Waals surface area contributed by atoms with Gasteiger partial charge in [-0.1, -0.05) is 17.7 Å². The molecule has 0 aliphatic rings. The summed E-state index contributed by atoms with van der Waals surface area (Å²) in [5.41, 5.74) is 0.419. The average molecular weight is 549 g/mol. The minimum atomic E-state index is -7.22. The highest BCUT2D eigenvalue weighted by molar-refractivity contribution is 7.89. The lowest BCUT2D eigenvalue weighted by Gasteiger charge is -2.37. The molecule has 0 bridgehead atoms. The van der Waals surface area contributed by atoms with E-state index in [-0.39, 0.29) is 0 Å². The van der Waals surface area contributed by atoms with Crippen molar-refractivity contribution in [3.05, 3.63) is 29.8 Å². The highest BCUT2D eigenvalue weighted by Gasteiger charge is 2.78. The van der Waals surface area contributed by atoms with Gasteiger partial charge in [-0.15, -0.1) is 0 Å². The first-order valence-corrected chi connectivity index (χ1v) is 10.0. The van der Waals surface area contributed by atoms with Crippen molar-refractivity contribution < 1.29 is 69.9 Å². The molecule has 1 rings (SSSR count). The van der Waals surface area contributed by atoms with Crippen LogP contribution < -0.4 is 4.72 Å². The molecule has 1 atom stereocenters. The lowest BCUT2D eigenvalue weighted by molar-refractivity contribution is -0.381. The maximum atomic E-state index is 14.0. The number of nitrogens with one attached hydrogen (secondary N) is 1. The molecule has 0 aliphatic heterocycles. The van der Waals surface area contributed by atoms with Crippen LogP contribution in [-0.2, 0) is 10.0 Å². The molecule has 1 N–H and O–H groups in total. The number of aryl methyl sites for hydroxylation is 1. The minimum absolute atomic E-state index is 0.419. The van der Waals surface area contributed by atoms with E-state index in [0.29, 0.717) is 5.56 Å². The molecule has 0 spiro atoms. The monoisotopic (exact) mass is 549 g/mol. The Kier molecular flexibility index (Phi) is 7.97.